The molecule has 0 bridgehead atoms. The molecule has 3 heteroatoms. The predicted octanol–water partition coefficient (Wildman–Crippen LogP) is 4.40. The highest BCUT2D eigenvalue weighted by Gasteiger charge is 2.04. The van der Waals surface area contributed by atoms with Crippen molar-refractivity contribution in [2.24, 2.45) is 0 Å². The summed E-state index contributed by atoms with van der Waals surface area (Å²) < 4.78 is 5.26. The van der Waals surface area contributed by atoms with Crippen LogP contribution in [-0.4, -0.2) is 37.1 Å². The largest absolute Gasteiger partial charge is 0.464 e. The molecular weight excluding hydrogens is 250 g/mol. The molecule has 120 valence electrons. The van der Waals surface area contributed by atoms with Crippen LogP contribution in [0.1, 0.15) is 78.6 Å². The molecule has 0 N–H and O–H groups in total. The van der Waals surface area contributed by atoms with E-state index in [4.69, 9.17) is 4.74 Å². The lowest BCUT2D eigenvalue weighted by Gasteiger charge is -2.17. The van der Waals surface area contributed by atoms with E-state index in [1.165, 1.54) is 38.5 Å². The zero-order valence-electron chi connectivity index (χ0n) is 14.0. The maximum Gasteiger partial charge on any atom is 0.305 e. The van der Waals surface area contributed by atoms with Crippen molar-refractivity contribution in [3.8, 4) is 0 Å². The molecular formula is C17H35NO2. The van der Waals surface area contributed by atoms with Crippen LogP contribution < -0.4 is 0 Å². The Morgan fingerprint density at radius 1 is 0.850 bits per heavy atom. The number of nitrogens with zero attached hydrogens (tertiary/aromatic N) is 1. The molecule has 0 aromatic carbocycles. The lowest BCUT2D eigenvalue weighted by Crippen LogP contribution is -2.27. The average Bonchev–Trinajstić information content (AvgIpc) is 2.46. The Kier molecular flexibility index (Phi) is 14.4. The zero-order valence-corrected chi connectivity index (χ0v) is 14.0. The summed E-state index contributed by atoms with van der Waals surface area (Å²) in [5.74, 6) is -0.0249. The molecule has 0 aromatic rings. The van der Waals surface area contributed by atoms with Gasteiger partial charge in [-0.25, -0.2) is 0 Å². The summed E-state index contributed by atoms with van der Waals surface area (Å²) in [6.45, 7) is 9.94. The van der Waals surface area contributed by atoms with Crippen molar-refractivity contribution in [2.75, 3.05) is 26.2 Å². The lowest BCUT2D eigenvalue weighted by molar-refractivity contribution is -0.144. The van der Waals surface area contributed by atoms with Crippen LogP contribution in [0.3, 0.4) is 0 Å². The molecule has 0 radical (unpaired) electrons. The fraction of sp³-hybridized carbons (Fsp3) is 0.941. The first kappa shape index (κ1) is 19.4. The van der Waals surface area contributed by atoms with Crippen LogP contribution in [0, 0.1) is 0 Å². The molecule has 0 aliphatic heterocycles. The molecule has 0 heterocycles. The van der Waals surface area contributed by atoms with E-state index < -0.39 is 0 Å². The van der Waals surface area contributed by atoms with Gasteiger partial charge in [0.15, 0.2) is 0 Å². The van der Waals surface area contributed by atoms with Crippen molar-refractivity contribution in [3.63, 3.8) is 0 Å². The van der Waals surface area contributed by atoms with Gasteiger partial charge in [0.05, 0.1) is 0 Å². The van der Waals surface area contributed by atoms with Gasteiger partial charge in [0.25, 0.3) is 0 Å². The minimum Gasteiger partial charge on any atom is -0.464 e. The smallest absolute Gasteiger partial charge is 0.305 e. The fourth-order valence-corrected chi connectivity index (χ4v) is 2.30. The first-order valence-corrected chi connectivity index (χ1v) is 8.62. The van der Waals surface area contributed by atoms with E-state index in [0.717, 1.165) is 32.5 Å². The maximum absolute atomic E-state index is 11.5. The van der Waals surface area contributed by atoms with Crippen molar-refractivity contribution < 1.29 is 9.53 Å². The van der Waals surface area contributed by atoms with Crippen molar-refractivity contribution >= 4 is 5.97 Å². The first-order chi connectivity index (χ1) is 9.74. The van der Waals surface area contributed by atoms with E-state index in [1.807, 2.05) is 0 Å². The Morgan fingerprint density at radius 2 is 1.40 bits per heavy atom. The molecule has 3 nitrogen and oxygen atoms in total. The second kappa shape index (κ2) is 14.8. The van der Waals surface area contributed by atoms with Crippen LogP contribution >= 0.6 is 0 Å². The third-order valence-electron chi connectivity index (χ3n) is 3.80. The molecule has 0 atom stereocenters. The monoisotopic (exact) mass is 285 g/mol. The minimum atomic E-state index is -0.0249. The Labute approximate surface area is 126 Å². The summed E-state index contributed by atoms with van der Waals surface area (Å²) in [4.78, 5) is 13.8. The maximum atomic E-state index is 11.5. The van der Waals surface area contributed by atoms with Gasteiger partial charge in [0.1, 0.15) is 6.61 Å². The standard InChI is InChI=1S/C17H35NO2/c1-4-7-8-9-10-11-12-13-14-17(19)20-16-15-18(5-2)6-3/h4-16H2,1-3H3. The van der Waals surface area contributed by atoms with E-state index in [1.54, 1.807) is 0 Å². The Bertz CT molecular complexity index is 215. The van der Waals surface area contributed by atoms with Crippen LogP contribution in [-0.2, 0) is 9.53 Å². The Hall–Kier alpha value is -0.570. The van der Waals surface area contributed by atoms with Crippen molar-refractivity contribution in [3.05, 3.63) is 0 Å². The van der Waals surface area contributed by atoms with Crippen LogP contribution in [0.5, 0.6) is 0 Å². The molecule has 0 fully saturated rings. The molecule has 0 saturated carbocycles. The Morgan fingerprint density at radius 3 is 1.95 bits per heavy atom. The normalized spacial score (nSPS) is 11.0. The van der Waals surface area contributed by atoms with Crippen molar-refractivity contribution in [2.45, 2.75) is 78.6 Å². The molecule has 0 spiro atoms. The summed E-state index contributed by atoms with van der Waals surface area (Å²) in [5.41, 5.74) is 0. The number of rotatable bonds is 14. The number of ether oxygens (including phenoxy) is 1. The molecule has 0 aliphatic carbocycles. The van der Waals surface area contributed by atoms with Gasteiger partial charge in [0, 0.05) is 13.0 Å². The summed E-state index contributed by atoms with van der Waals surface area (Å²) in [6, 6.07) is 0. The van der Waals surface area contributed by atoms with E-state index in [9.17, 15) is 4.79 Å². The number of esters is 1. The van der Waals surface area contributed by atoms with Gasteiger partial charge in [-0.15, -0.1) is 0 Å². The molecule has 20 heavy (non-hydrogen) atoms. The van der Waals surface area contributed by atoms with Gasteiger partial charge < -0.3 is 9.64 Å². The number of carbonyl (C=O) groups is 1. The van der Waals surface area contributed by atoms with Crippen LogP contribution in [0.25, 0.3) is 0 Å². The summed E-state index contributed by atoms with van der Waals surface area (Å²) in [6.07, 6.45) is 10.7. The fourth-order valence-electron chi connectivity index (χ4n) is 2.30. The highest BCUT2D eigenvalue weighted by molar-refractivity contribution is 5.69. The molecule has 0 saturated heterocycles. The second-order valence-corrected chi connectivity index (χ2v) is 5.47. The van der Waals surface area contributed by atoms with E-state index in [0.29, 0.717) is 13.0 Å². The summed E-state index contributed by atoms with van der Waals surface area (Å²) in [5, 5.41) is 0. The van der Waals surface area contributed by atoms with E-state index in [-0.39, 0.29) is 5.97 Å². The average molecular weight is 285 g/mol. The third kappa shape index (κ3) is 12.5. The SMILES string of the molecule is CCCCCCCCCCC(=O)OCCN(CC)CC. The quantitative estimate of drug-likeness (QED) is 0.350. The Balaban J connectivity index is 3.28. The number of carbonyl (C=O) groups excluding carboxylic acids is 1. The molecule has 0 amide bonds. The number of hydrogen-bond donors (Lipinski definition) is 0. The van der Waals surface area contributed by atoms with Crippen molar-refractivity contribution in [1.82, 2.24) is 4.90 Å². The molecule has 0 unspecified atom stereocenters. The van der Waals surface area contributed by atoms with Gasteiger partial charge in [-0.05, 0) is 19.5 Å². The second-order valence-electron chi connectivity index (χ2n) is 5.47. The first-order valence-electron chi connectivity index (χ1n) is 8.62. The van der Waals surface area contributed by atoms with Crippen LogP contribution in [0.15, 0.2) is 0 Å². The van der Waals surface area contributed by atoms with Gasteiger partial charge in [-0.1, -0.05) is 65.7 Å². The van der Waals surface area contributed by atoms with Gasteiger partial charge >= 0.3 is 5.97 Å². The molecule has 0 aliphatic rings. The minimum absolute atomic E-state index is 0.0249. The van der Waals surface area contributed by atoms with Gasteiger partial charge in [-0.2, -0.15) is 0 Å². The predicted molar refractivity (Wildman–Crippen MR) is 86.0 cm³/mol. The van der Waals surface area contributed by atoms with Crippen LogP contribution in [0.4, 0.5) is 0 Å². The number of unbranched alkanes of at least 4 members (excludes halogenated alkanes) is 7. The highest BCUT2D eigenvalue weighted by Crippen LogP contribution is 2.09. The van der Waals surface area contributed by atoms with E-state index in [2.05, 4.69) is 25.7 Å². The zero-order chi connectivity index (χ0) is 15.1. The highest BCUT2D eigenvalue weighted by atomic mass is 16.5. The lowest BCUT2D eigenvalue weighted by atomic mass is 10.1. The summed E-state index contributed by atoms with van der Waals surface area (Å²) in [7, 11) is 0. The van der Waals surface area contributed by atoms with E-state index >= 15 is 0 Å². The third-order valence-corrected chi connectivity index (χ3v) is 3.80. The topological polar surface area (TPSA) is 29.5 Å². The molecule has 0 rings (SSSR count). The van der Waals surface area contributed by atoms with Gasteiger partial charge in [0.2, 0.25) is 0 Å². The van der Waals surface area contributed by atoms with Crippen molar-refractivity contribution in [1.29, 1.82) is 0 Å². The number of likely N-dealkylation sites (N-methyl/N-ethyl adjacent to an activating group) is 1. The molecule has 0 aromatic heterocycles. The van der Waals surface area contributed by atoms with Crippen LogP contribution in [0.2, 0.25) is 0 Å². The summed E-state index contributed by atoms with van der Waals surface area (Å²) >= 11 is 0. The van der Waals surface area contributed by atoms with Gasteiger partial charge in [-0.3, -0.25) is 4.79 Å². The number of hydrogen-bond acceptors (Lipinski definition) is 3.